The number of thioether (sulfide) groups is 1. The molecule has 4 heterocycles. The smallest absolute Gasteiger partial charge is 0.248 e. The number of primary amides is 4. The van der Waals surface area contributed by atoms with E-state index in [2.05, 4.69) is 106 Å². The second-order valence-electron chi connectivity index (χ2n) is 24.9. The molecule has 14 rings (SSSR count). The van der Waals surface area contributed by atoms with E-state index in [9.17, 15) is 36.0 Å². The van der Waals surface area contributed by atoms with Gasteiger partial charge in [0.05, 0.1) is 43.2 Å². The van der Waals surface area contributed by atoms with Gasteiger partial charge in [-0.1, -0.05) is 103 Å². The molecule has 14 N–H and O–H groups in total. The summed E-state index contributed by atoms with van der Waals surface area (Å²) in [6.45, 7) is 0.0618. The van der Waals surface area contributed by atoms with E-state index >= 15 is 0 Å². The lowest BCUT2D eigenvalue weighted by Gasteiger charge is -2.09. The Morgan fingerprint density at radius 3 is 1.15 bits per heavy atom. The third-order valence-corrected chi connectivity index (χ3v) is 21.6. The normalized spacial score (nSPS) is 10.9. The zero-order valence-electron chi connectivity index (χ0n) is 60.5. The van der Waals surface area contributed by atoms with Gasteiger partial charge in [0.15, 0.2) is 9.84 Å². The quantitative estimate of drug-likeness (QED) is 0.0178. The third kappa shape index (κ3) is 22.7. The van der Waals surface area contributed by atoms with Crippen molar-refractivity contribution in [3.05, 3.63) is 326 Å². The number of rotatable bonds is 26. The lowest BCUT2D eigenvalue weighted by Crippen LogP contribution is -2.10. The van der Waals surface area contributed by atoms with E-state index < -0.39 is 43.3 Å². The summed E-state index contributed by atoms with van der Waals surface area (Å²) in [6.07, 6.45) is 4.33. The highest BCUT2D eigenvalue weighted by atomic mass is 32.2. The van der Waals surface area contributed by atoms with Crippen molar-refractivity contribution in [2.24, 2.45) is 22.9 Å². The van der Waals surface area contributed by atoms with Crippen LogP contribution >= 0.6 is 11.8 Å². The molecule has 0 bridgehead atoms. The number of benzene rings is 10. The van der Waals surface area contributed by atoms with Gasteiger partial charge >= 0.3 is 0 Å². The number of hydrogen-bond acceptors (Lipinski definition) is 21. The van der Waals surface area contributed by atoms with E-state index in [4.69, 9.17) is 33.1 Å². The van der Waals surface area contributed by atoms with Crippen molar-refractivity contribution in [1.82, 2.24) is 29.9 Å². The highest BCUT2D eigenvalue weighted by Crippen LogP contribution is 2.31. The Morgan fingerprint density at radius 1 is 0.345 bits per heavy atom. The molecule has 10 aromatic carbocycles. The fraction of sp³-hybridized carbons (Fsp3) is 0.0698. The molecule has 568 valence electrons. The highest BCUT2D eigenvalue weighted by Gasteiger charge is 2.19. The number of amides is 4. The van der Waals surface area contributed by atoms with Crippen LogP contribution in [0.3, 0.4) is 0 Å². The maximum absolute atomic E-state index is 12.7. The van der Waals surface area contributed by atoms with Crippen LogP contribution in [-0.2, 0) is 19.7 Å². The number of aliphatic hydroxyl groups excluding tert-OH is 2. The molecule has 0 saturated carbocycles. The van der Waals surface area contributed by atoms with Crippen molar-refractivity contribution in [3.8, 4) is 45.0 Å². The van der Waals surface area contributed by atoms with Gasteiger partial charge in [-0.25, -0.2) is 46.7 Å². The fourth-order valence-electron chi connectivity index (χ4n) is 11.0. The average Bonchev–Trinajstić information content (AvgIpc) is 0.796. The van der Waals surface area contributed by atoms with E-state index in [0.29, 0.717) is 57.0 Å². The van der Waals surface area contributed by atoms with Crippen molar-refractivity contribution in [1.29, 1.82) is 0 Å². The Balaban J connectivity index is 0.000000149. The number of aliphatic hydroxyl groups is 2. The molecule has 0 radical (unpaired) electrons. The Kier molecular flexibility index (Phi) is 27.3. The van der Waals surface area contributed by atoms with Crippen LogP contribution in [0.25, 0.3) is 55.8 Å². The van der Waals surface area contributed by atoms with Gasteiger partial charge in [0.1, 0.15) is 11.6 Å². The molecule has 14 aromatic rings. The molecule has 4 amide bonds. The summed E-state index contributed by atoms with van der Waals surface area (Å²) in [5.41, 5.74) is 32.5. The van der Waals surface area contributed by atoms with Gasteiger partial charge < -0.3 is 54.4 Å². The first kappa shape index (κ1) is 80.2. The molecule has 0 atom stereocenters. The number of carbonyl (C=O) groups excluding carboxylic acids is 4. The van der Waals surface area contributed by atoms with Crippen molar-refractivity contribution in [2.45, 2.75) is 32.4 Å². The number of nitrogens with two attached hydrogens (primary N) is 4. The Bertz CT molecular complexity index is 5850. The predicted molar refractivity (Wildman–Crippen MR) is 443 cm³/mol. The number of carbonyl (C=O) groups is 4. The molecule has 0 aliphatic rings. The number of sulfone groups is 2. The molecular weight excluding hydrogens is 1490 g/mol. The zero-order chi connectivity index (χ0) is 79.7. The largest absolute Gasteiger partial charge is 0.396 e. The average molecular weight is 1560 g/mol. The molecular formula is C86H76N14O10S3. The van der Waals surface area contributed by atoms with Crippen LogP contribution in [0, 0.1) is 0 Å². The Hall–Kier alpha value is -13.8. The molecule has 113 heavy (non-hydrogen) atoms. The topological polar surface area (TPSA) is 407 Å². The summed E-state index contributed by atoms with van der Waals surface area (Å²) >= 11 is 1.73. The number of hydrogen-bond donors (Lipinski definition) is 10. The van der Waals surface area contributed by atoms with Gasteiger partial charge in [-0.2, -0.15) is 0 Å². The molecule has 0 fully saturated rings. The van der Waals surface area contributed by atoms with Crippen LogP contribution in [0.15, 0.2) is 323 Å². The van der Waals surface area contributed by atoms with Crippen molar-refractivity contribution >= 4 is 112 Å². The SMILES string of the molecule is NC(=O)c1ccc(Nc2cccc(-c3ccc(S(=O)(=O)CCCO)cc3)n2)cc1.NC(=O)c1ccc(Nc2cccc(-c3ccc(SCCCO)cc3)n2)cc1.NC(=O)c1ccc(Nc2nccc(-c3ccc(S(=O)(=O)c4ccccc4)cc3)n2)cc1.NC(=O)c1ccc(Nc2nccc(-c3ccc4ccccc4c3)n2)cc1. The summed E-state index contributed by atoms with van der Waals surface area (Å²) in [4.78, 5) is 73.2. The molecule has 24 nitrogen and oxygen atoms in total. The lowest BCUT2D eigenvalue weighted by molar-refractivity contribution is 0.0992. The highest BCUT2D eigenvalue weighted by molar-refractivity contribution is 7.99. The first-order valence-corrected chi connectivity index (χ1v) is 39.2. The second kappa shape index (κ2) is 38.5. The van der Waals surface area contributed by atoms with Crippen molar-refractivity contribution < 1.29 is 46.2 Å². The maximum atomic E-state index is 12.7. The van der Waals surface area contributed by atoms with E-state index in [-0.39, 0.29) is 40.1 Å². The maximum Gasteiger partial charge on any atom is 0.248 e. The minimum absolute atomic E-state index is 0.0882. The number of nitrogens with one attached hydrogen (secondary N) is 4. The van der Waals surface area contributed by atoms with Crippen LogP contribution in [0.1, 0.15) is 54.3 Å². The summed E-state index contributed by atoms with van der Waals surface area (Å²) in [6, 6.07) is 86.2. The Morgan fingerprint density at radius 2 is 0.717 bits per heavy atom. The number of pyridine rings is 2. The molecule has 0 aliphatic heterocycles. The standard InChI is InChI=1S/C23H18N4O3S.C21H16N4O.C21H21N3O4S.C21H21N3O2S/c24-22(28)17-6-10-18(11-7-17)26-23-25-15-14-21(27-23)16-8-12-20(13-9-16)31(29,30)19-4-2-1-3-5-19;22-20(26)15-7-9-18(10-8-15)24-21-23-12-11-19(25-21)17-6-5-14-3-1-2-4-16(14)13-17;22-21(26)16-5-9-17(10-6-16)23-20-4-1-3-19(24-20)15-7-11-18(12-8-15)29(27,28)14-2-13-25;22-21(26)16-5-9-17(10-6-16)23-20-4-1-3-19(24-20)15-7-11-18(12-8-15)27-14-2-13-25/h1-15H,(H2,24,28)(H,25,26,27);1-13H,(H2,22,26)(H,23,24,25);1,3-12,25H,2,13-14H2,(H2,22,26)(H,23,24);1,3-12,25H,2,13-14H2,(H2,22,26)(H,23,24). The van der Waals surface area contributed by atoms with Crippen LogP contribution in [0.2, 0.25) is 0 Å². The van der Waals surface area contributed by atoms with Crippen LogP contribution in [0.4, 0.5) is 46.3 Å². The third-order valence-electron chi connectivity index (χ3n) is 16.9. The molecule has 0 unspecified atom stereocenters. The number of nitrogens with zero attached hydrogens (tertiary/aromatic N) is 6. The van der Waals surface area contributed by atoms with Crippen LogP contribution < -0.4 is 44.2 Å². The Labute approximate surface area is 656 Å². The second-order valence-corrected chi connectivity index (χ2v) is 30.1. The molecule has 27 heteroatoms. The first-order chi connectivity index (χ1) is 54.7. The molecule has 0 saturated heterocycles. The van der Waals surface area contributed by atoms with Crippen LogP contribution in [-0.4, -0.2) is 105 Å². The molecule has 0 spiro atoms. The summed E-state index contributed by atoms with van der Waals surface area (Å²) in [7, 11) is -6.98. The lowest BCUT2D eigenvalue weighted by atomic mass is 10.1. The number of fused-ring (bicyclic) bond motifs is 1. The van der Waals surface area contributed by atoms with E-state index in [0.717, 1.165) is 68.7 Å². The fourth-order valence-corrected chi connectivity index (χ4v) is 14.4. The monoisotopic (exact) mass is 1560 g/mol. The van der Waals surface area contributed by atoms with E-state index in [1.807, 2.05) is 48.5 Å². The summed E-state index contributed by atoms with van der Waals surface area (Å²) in [5, 5.41) is 32.7. The van der Waals surface area contributed by atoms with Crippen LogP contribution in [0.5, 0.6) is 0 Å². The molecule has 4 aromatic heterocycles. The summed E-state index contributed by atoms with van der Waals surface area (Å²) < 4.78 is 49.9. The van der Waals surface area contributed by atoms with Crippen molar-refractivity contribution in [2.75, 3.05) is 46.0 Å². The van der Waals surface area contributed by atoms with E-state index in [1.165, 1.54) is 15.7 Å². The van der Waals surface area contributed by atoms with Gasteiger partial charge in [0.25, 0.3) is 0 Å². The van der Waals surface area contributed by atoms with Gasteiger partial charge in [0.2, 0.25) is 45.4 Å². The minimum Gasteiger partial charge on any atom is -0.396 e. The van der Waals surface area contributed by atoms with Gasteiger partial charge in [-0.05, 0) is 212 Å². The van der Waals surface area contributed by atoms with E-state index in [1.54, 1.807) is 212 Å². The predicted octanol–water partition coefficient (Wildman–Crippen LogP) is 14.8. The van der Waals surface area contributed by atoms with Crippen molar-refractivity contribution in [3.63, 3.8) is 0 Å². The number of anilines is 8. The van der Waals surface area contributed by atoms with Gasteiger partial charge in [-0.15, -0.1) is 11.8 Å². The number of aromatic nitrogens is 6. The zero-order valence-corrected chi connectivity index (χ0v) is 62.9. The first-order valence-electron chi connectivity index (χ1n) is 35.1. The van der Waals surface area contributed by atoms with Gasteiger partial charge in [-0.3, -0.25) is 19.2 Å². The molecule has 0 aliphatic carbocycles. The summed E-state index contributed by atoms with van der Waals surface area (Å²) in [5.74, 6) is 1.12. The van der Waals surface area contributed by atoms with Gasteiger partial charge in [0, 0.05) is 104 Å². The minimum atomic E-state index is -3.57.